The monoisotopic (exact) mass is 299 g/mol. The van der Waals surface area contributed by atoms with Crippen molar-refractivity contribution in [3.05, 3.63) is 65.6 Å². The fourth-order valence-electron chi connectivity index (χ4n) is 2.67. The summed E-state index contributed by atoms with van der Waals surface area (Å²) in [6.45, 7) is 0. The van der Waals surface area contributed by atoms with Crippen molar-refractivity contribution in [2.24, 2.45) is 0 Å². The van der Waals surface area contributed by atoms with Crippen molar-refractivity contribution < 1.29 is 0 Å². The first-order valence-corrected chi connectivity index (χ1v) is 7.64. The van der Waals surface area contributed by atoms with E-state index in [-0.39, 0.29) is 0 Å². The lowest BCUT2D eigenvalue weighted by Crippen LogP contribution is -1.92. The molecule has 0 N–H and O–H groups in total. The Balaban J connectivity index is 1.93. The molecule has 0 bridgehead atoms. The number of aryl methyl sites for hydroxylation is 1. The van der Waals surface area contributed by atoms with Crippen molar-refractivity contribution in [2.75, 3.05) is 5.33 Å². The SMILES string of the molecule is BrCCCCc1cccc2c1[CH]c1ccccc1-2. The summed E-state index contributed by atoms with van der Waals surface area (Å²) in [5.41, 5.74) is 7.08. The largest absolute Gasteiger partial charge is 0.0928 e. The fraction of sp³-hybridized carbons (Fsp3) is 0.235. The molecular weight excluding hydrogens is 284 g/mol. The maximum atomic E-state index is 3.50. The number of halogens is 1. The molecule has 1 heteroatoms. The number of unbranched alkanes of at least 4 members (excludes halogenated alkanes) is 1. The van der Waals surface area contributed by atoms with E-state index in [1.165, 1.54) is 47.1 Å². The number of hydrogen-bond donors (Lipinski definition) is 0. The van der Waals surface area contributed by atoms with Gasteiger partial charge in [-0.05, 0) is 47.1 Å². The van der Waals surface area contributed by atoms with Crippen molar-refractivity contribution >= 4 is 15.9 Å². The molecule has 2 aromatic carbocycles. The van der Waals surface area contributed by atoms with Crippen LogP contribution in [0.1, 0.15) is 29.5 Å². The Hall–Kier alpha value is -1.08. The third-order valence-electron chi connectivity index (χ3n) is 3.58. The van der Waals surface area contributed by atoms with E-state index in [4.69, 9.17) is 0 Å². The molecule has 0 amide bonds. The highest BCUT2D eigenvalue weighted by Gasteiger charge is 2.20. The zero-order valence-corrected chi connectivity index (χ0v) is 11.9. The highest BCUT2D eigenvalue weighted by Crippen LogP contribution is 2.39. The van der Waals surface area contributed by atoms with Crippen molar-refractivity contribution in [3.8, 4) is 11.1 Å². The first kappa shape index (κ1) is 12.0. The predicted molar refractivity (Wildman–Crippen MR) is 81.1 cm³/mol. The molecule has 0 fully saturated rings. The van der Waals surface area contributed by atoms with Crippen molar-refractivity contribution in [1.29, 1.82) is 0 Å². The summed E-state index contributed by atoms with van der Waals surface area (Å²) in [6.07, 6.45) is 6.02. The maximum absolute atomic E-state index is 3.50. The minimum atomic E-state index is 1.10. The Morgan fingerprint density at radius 2 is 1.67 bits per heavy atom. The number of alkyl halides is 1. The molecule has 1 radical (unpaired) electrons. The molecule has 1 aliphatic carbocycles. The molecule has 18 heavy (non-hydrogen) atoms. The zero-order valence-electron chi connectivity index (χ0n) is 10.3. The molecule has 0 atom stereocenters. The highest BCUT2D eigenvalue weighted by atomic mass is 79.9. The van der Waals surface area contributed by atoms with Gasteiger partial charge < -0.3 is 0 Å². The summed E-state index contributed by atoms with van der Waals surface area (Å²) >= 11 is 3.50. The quantitative estimate of drug-likeness (QED) is 0.470. The molecule has 2 aromatic rings. The fourth-order valence-corrected chi connectivity index (χ4v) is 3.07. The van der Waals surface area contributed by atoms with Crippen LogP contribution in [0.15, 0.2) is 42.5 Å². The Labute approximate surface area is 117 Å². The predicted octanol–water partition coefficient (Wildman–Crippen LogP) is 4.99. The Morgan fingerprint density at radius 3 is 2.56 bits per heavy atom. The van der Waals surface area contributed by atoms with E-state index >= 15 is 0 Å². The van der Waals surface area contributed by atoms with E-state index in [2.05, 4.69) is 64.8 Å². The van der Waals surface area contributed by atoms with Crippen LogP contribution in [0.4, 0.5) is 0 Å². The molecule has 3 rings (SSSR count). The number of benzene rings is 2. The van der Waals surface area contributed by atoms with Gasteiger partial charge in [-0.25, -0.2) is 0 Å². The van der Waals surface area contributed by atoms with Crippen LogP contribution in [0.3, 0.4) is 0 Å². The maximum Gasteiger partial charge on any atom is 0.0214 e. The van der Waals surface area contributed by atoms with Gasteiger partial charge in [-0.2, -0.15) is 0 Å². The van der Waals surface area contributed by atoms with Crippen LogP contribution in [0.2, 0.25) is 0 Å². The van der Waals surface area contributed by atoms with Gasteiger partial charge in [-0.1, -0.05) is 58.4 Å². The van der Waals surface area contributed by atoms with E-state index in [1.807, 2.05) is 0 Å². The lowest BCUT2D eigenvalue weighted by molar-refractivity contribution is 0.804. The highest BCUT2D eigenvalue weighted by molar-refractivity contribution is 9.09. The molecule has 0 spiro atoms. The number of hydrogen-bond acceptors (Lipinski definition) is 0. The molecule has 0 heterocycles. The molecule has 0 nitrogen and oxygen atoms in total. The average molecular weight is 300 g/mol. The molecule has 0 unspecified atom stereocenters. The van der Waals surface area contributed by atoms with Crippen LogP contribution in [-0.2, 0) is 6.42 Å². The summed E-state index contributed by atoms with van der Waals surface area (Å²) in [5.74, 6) is 0. The second-order valence-corrected chi connectivity index (χ2v) is 5.55. The zero-order chi connectivity index (χ0) is 12.4. The summed E-state index contributed by atoms with van der Waals surface area (Å²) in [4.78, 5) is 0. The molecule has 0 saturated heterocycles. The van der Waals surface area contributed by atoms with E-state index in [0.717, 1.165) is 5.33 Å². The normalized spacial score (nSPS) is 12.3. The van der Waals surface area contributed by atoms with E-state index in [0.29, 0.717) is 0 Å². The van der Waals surface area contributed by atoms with E-state index in [9.17, 15) is 0 Å². The van der Waals surface area contributed by atoms with Gasteiger partial charge in [0, 0.05) is 11.8 Å². The van der Waals surface area contributed by atoms with Crippen LogP contribution in [-0.4, -0.2) is 5.33 Å². The molecule has 0 aromatic heterocycles. The van der Waals surface area contributed by atoms with Gasteiger partial charge in [0.25, 0.3) is 0 Å². The molecule has 0 aliphatic heterocycles. The molecule has 91 valence electrons. The van der Waals surface area contributed by atoms with Gasteiger partial charge in [0.2, 0.25) is 0 Å². The molecule has 1 aliphatic rings. The Bertz CT molecular complexity index is 557. The topological polar surface area (TPSA) is 0 Å². The second kappa shape index (κ2) is 5.27. The lowest BCUT2D eigenvalue weighted by Gasteiger charge is -2.07. The standard InChI is InChI=1S/C17H16Br/c18-11-4-3-6-13-8-5-10-16-15-9-2-1-7-14(15)12-17(13)16/h1-2,5,7-10,12H,3-4,6,11H2. The lowest BCUT2D eigenvalue weighted by atomic mass is 9.98. The Kier molecular flexibility index (Phi) is 3.51. The average Bonchev–Trinajstić information content (AvgIpc) is 2.79. The minimum absolute atomic E-state index is 1.10. The third kappa shape index (κ3) is 2.12. The van der Waals surface area contributed by atoms with Crippen molar-refractivity contribution in [2.45, 2.75) is 19.3 Å². The van der Waals surface area contributed by atoms with Gasteiger partial charge in [-0.3, -0.25) is 0 Å². The summed E-state index contributed by atoms with van der Waals surface area (Å²) in [7, 11) is 0. The summed E-state index contributed by atoms with van der Waals surface area (Å²) < 4.78 is 0. The van der Waals surface area contributed by atoms with Gasteiger partial charge in [0.05, 0.1) is 0 Å². The molecule has 0 saturated carbocycles. The summed E-state index contributed by atoms with van der Waals surface area (Å²) in [6, 6.07) is 15.4. The van der Waals surface area contributed by atoms with E-state index < -0.39 is 0 Å². The number of rotatable bonds is 4. The second-order valence-electron chi connectivity index (χ2n) is 4.76. The minimum Gasteiger partial charge on any atom is -0.0928 e. The number of fused-ring (bicyclic) bond motifs is 3. The molecular formula is C17H16Br. The van der Waals surface area contributed by atoms with E-state index in [1.54, 1.807) is 0 Å². The van der Waals surface area contributed by atoms with Gasteiger partial charge in [0.15, 0.2) is 0 Å². The smallest absolute Gasteiger partial charge is 0.0214 e. The van der Waals surface area contributed by atoms with Gasteiger partial charge >= 0.3 is 0 Å². The third-order valence-corrected chi connectivity index (χ3v) is 4.14. The van der Waals surface area contributed by atoms with Crippen LogP contribution in [0, 0.1) is 6.42 Å². The Morgan fingerprint density at radius 1 is 0.833 bits per heavy atom. The first-order chi connectivity index (χ1) is 8.90. The van der Waals surface area contributed by atoms with Crippen LogP contribution >= 0.6 is 15.9 Å². The van der Waals surface area contributed by atoms with Gasteiger partial charge in [-0.15, -0.1) is 0 Å². The van der Waals surface area contributed by atoms with Crippen LogP contribution in [0.5, 0.6) is 0 Å². The van der Waals surface area contributed by atoms with Crippen molar-refractivity contribution in [1.82, 2.24) is 0 Å². The van der Waals surface area contributed by atoms with Crippen molar-refractivity contribution in [3.63, 3.8) is 0 Å². The first-order valence-electron chi connectivity index (χ1n) is 6.52. The van der Waals surface area contributed by atoms with Gasteiger partial charge in [0.1, 0.15) is 0 Å². The van der Waals surface area contributed by atoms with Crippen LogP contribution < -0.4 is 0 Å². The summed E-state index contributed by atoms with van der Waals surface area (Å²) in [5, 5.41) is 1.10. The van der Waals surface area contributed by atoms with Crippen LogP contribution in [0.25, 0.3) is 11.1 Å².